The van der Waals surface area contributed by atoms with Gasteiger partial charge in [-0.2, -0.15) is 0 Å². The minimum atomic E-state index is -3.62. The van der Waals surface area contributed by atoms with Gasteiger partial charge in [0.25, 0.3) is 5.69 Å². The van der Waals surface area contributed by atoms with Gasteiger partial charge in [0.05, 0.1) is 9.82 Å². The van der Waals surface area contributed by atoms with Gasteiger partial charge in [-0.15, -0.1) is 0 Å². The fourth-order valence-electron chi connectivity index (χ4n) is 1.91. The summed E-state index contributed by atoms with van der Waals surface area (Å²) in [5, 5.41) is 10.6. The molecule has 0 bridgehead atoms. The van der Waals surface area contributed by atoms with E-state index in [-0.39, 0.29) is 21.9 Å². The number of benzene rings is 2. The second kappa shape index (κ2) is 7.16. The second-order valence-electron chi connectivity index (χ2n) is 4.78. The number of hydrogen-bond donors (Lipinski definition) is 1. The highest BCUT2D eigenvalue weighted by Gasteiger charge is 2.13. The van der Waals surface area contributed by atoms with Gasteiger partial charge in [0, 0.05) is 17.7 Å². The van der Waals surface area contributed by atoms with Crippen LogP contribution in [-0.4, -0.2) is 26.2 Å². The van der Waals surface area contributed by atoms with Gasteiger partial charge in [0.15, 0.2) is 5.78 Å². The molecule has 2 aromatic rings. The van der Waals surface area contributed by atoms with Crippen molar-refractivity contribution < 1.29 is 18.1 Å². The summed E-state index contributed by atoms with van der Waals surface area (Å²) in [7, 11) is -2.33. The van der Waals surface area contributed by atoms with Crippen molar-refractivity contribution in [1.29, 1.82) is 0 Å². The molecule has 124 valence electrons. The SMILES string of the molecule is CNS(=O)(=O)c1cccc(C(=O)C=Cc2ccc([N+](=O)[O-])cc2)c1. The first kappa shape index (κ1) is 17.5. The zero-order valence-corrected chi connectivity index (χ0v) is 13.5. The van der Waals surface area contributed by atoms with Crippen molar-refractivity contribution in [2.75, 3.05) is 7.05 Å². The number of nitro benzene ring substituents is 1. The highest BCUT2D eigenvalue weighted by Crippen LogP contribution is 2.15. The van der Waals surface area contributed by atoms with E-state index in [0.717, 1.165) is 0 Å². The van der Waals surface area contributed by atoms with E-state index in [2.05, 4.69) is 4.72 Å². The molecule has 0 saturated carbocycles. The summed E-state index contributed by atoms with van der Waals surface area (Å²) in [6, 6.07) is 11.4. The van der Waals surface area contributed by atoms with E-state index >= 15 is 0 Å². The fourth-order valence-corrected chi connectivity index (χ4v) is 2.69. The number of nitrogens with one attached hydrogen (secondary N) is 1. The molecule has 7 nitrogen and oxygen atoms in total. The van der Waals surface area contributed by atoms with Crippen LogP contribution in [-0.2, 0) is 10.0 Å². The standard InChI is InChI=1S/C16H14N2O5S/c1-17-24(22,23)15-4-2-3-13(11-15)16(19)10-7-12-5-8-14(9-6-12)18(20)21/h2-11,17H,1H3. The van der Waals surface area contributed by atoms with E-state index in [1.807, 2.05) is 0 Å². The molecule has 0 unspecified atom stereocenters. The van der Waals surface area contributed by atoms with Gasteiger partial charge in [-0.05, 0) is 43.0 Å². The Morgan fingerprint density at radius 3 is 2.42 bits per heavy atom. The Morgan fingerprint density at radius 1 is 1.17 bits per heavy atom. The molecule has 0 atom stereocenters. The van der Waals surface area contributed by atoms with Crippen LogP contribution in [0, 0.1) is 10.1 Å². The molecule has 24 heavy (non-hydrogen) atoms. The number of non-ortho nitro benzene ring substituents is 1. The molecule has 0 aliphatic carbocycles. The third-order valence-electron chi connectivity index (χ3n) is 3.23. The summed E-state index contributed by atoms with van der Waals surface area (Å²) in [4.78, 5) is 22.2. The number of carbonyl (C=O) groups is 1. The van der Waals surface area contributed by atoms with Crippen molar-refractivity contribution in [3.05, 3.63) is 75.8 Å². The van der Waals surface area contributed by atoms with Crippen LogP contribution in [0.5, 0.6) is 0 Å². The first-order chi connectivity index (χ1) is 11.3. The van der Waals surface area contributed by atoms with Gasteiger partial charge < -0.3 is 0 Å². The number of carbonyl (C=O) groups excluding carboxylic acids is 1. The number of hydrogen-bond acceptors (Lipinski definition) is 5. The summed E-state index contributed by atoms with van der Waals surface area (Å²) in [6.07, 6.45) is 2.79. The van der Waals surface area contributed by atoms with Crippen LogP contribution < -0.4 is 4.72 Å². The van der Waals surface area contributed by atoms with Crippen LogP contribution in [0.3, 0.4) is 0 Å². The average Bonchev–Trinajstić information content (AvgIpc) is 2.60. The van der Waals surface area contributed by atoms with Crippen molar-refractivity contribution in [3.63, 3.8) is 0 Å². The lowest BCUT2D eigenvalue weighted by Crippen LogP contribution is -2.18. The van der Waals surface area contributed by atoms with E-state index in [4.69, 9.17) is 0 Å². The van der Waals surface area contributed by atoms with E-state index in [0.29, 0.717) is 5.56 Å². The summed E-state index contributed by atoms with van der Waals surface area (Å²) in [6.45, 7) is 0. The Hall–Kier alpha value is -2.84. The largest absolute Gasteiger partial charge is 0.289 e. The quantitative estimate of drug-likeness (QED) is 0.374. The number of nitrogens with zero attached hydrogens (tertiary/aromatic N) is 1. The zero-order valence-electron chi connectivity index (χ0n) is 12.7. The van der Waals surface area contributed by atoms with Gasteiger partial charge in [-0.25, -0.2) is 13.1 Å². The highest BCUT2D eigenvalue weighted by atomic mass is 32.2. The predicted octanol–water partition coefficient (Wildman–Crippen LogP) is 2.40. The molecule has 0 radical (unpaired) electrons. The van der Waals surface area contributed by atoms with E-state index < -0.39 is 14.9 Å². The van der Waals surface area contributed by atoms with Gasteiger partial charge in [0.2, 0.25) is 10.0 Å². The maximum Gasteiger partial charge on any atom is 0.269 e. The average molecular weight is 346 g/mol. The predicted molar refractivity (Wildman–Crippen MR) is 89.1 cm³/mol. The zero-order chi connectivity index (χ0) is 17.7. The Morgan fingerprint density at radius 2 is 1.83 bits per heavy atom. The number of rotatable bonds is 6. The molecule has 0 amide bonds. The van der Waals surface area contributed by atoms with E-state index in [1.54, 1.807) is 0 Å². The summed E-state index contributed by atoms with van der Waals surface area (Å²) in [5.41, 5.74) is 0.806. The van der Waals surface area contributed by atoms with Crippen LogP contribution in [0.1, 0.15) is 15.9 Å². The summed E-state index contributed by atoms with van der Waals surface area (Å²) >= 11 is 0. The first-order valence-corrected chi connectivity index (χ1v) is 8.32. The molecule has 2 aromatic carbocycles. The third kappa shape index (κ3) is 4.12. The highest BCUT2D eigenvalue weighted by molar-refractivity contribution is 7.89. The molecule has 0 fully saturated rings. The number of allylic oxidation sites excluding steroid dienone is 1. The van der Waals surface area contributed by atoms with Crippen molar-refractivity contribution in [3.8, 4) is 0 Å². The molecule has 0 aliphatic rings. The van der Waals surface area contributed by atoms with E-state index in [1.165, 1.54) is 67.7 Å². The lowest BCUT2D eigenvalue weighted by atomic mass is 10.1. The maximum atomic E-state index is 12.2. The molecule has 0 saturated heterocycles. The summed E-state index contributed by atoms with van der Waals surface area (Å²) in [5.74, 6) is -0.374. The Bertz CT molecular complexity index is 902. The normalized spacial score (nSPS) is 11.5. The molecule has 1 N–H and O–H groups in total. The van der Waals surface area contributed by atoms with Crippen molar-refractivity contribution in [1.82, 2.24) is 4.72 Å². The van der Waals surface area contributed by atoms with Gasteiger partial charge in [0.1, 0.15) is 0 Å². The van der Waals surface area contributed by atoms with E-state index in [9.17, 15) is 23.3 Å². The van der Waals surface area contributed by atoms with Crippen LogP contribution >= 0.6 is 0 Å². The Kier molecular flexibility index (Phi) is 5.22. The number of sulfonamides is 1. The Labute approximate surface area is 138 Å². The molecule has 0 heterocycles. The molecule has 0 spiro atoms. The van der Waals surface area contributed by atoms with Crippen LogP contribution in [0.15, 0.2) is 59.5 Å². The minimum Gasteiger partial charge on any atom is -0.289 e. The molecular formula is C16H14N2O5S. The Balaban J connectivity index is 2.20. The monoisotopic (exact) mass is 346 g/mol. The van der Waals surface area contributed by atoms with Crippen molar-refractivity contribution >= 4 is 27.6 Å². The molecule has 2 rings (SSSR count). The molecular weight excluding hydrogens is 332 g/mol. The molecule has 0 aliphatic heterocycles. The molecule has 8 heteroatoms. The smallest absolute Gasteiger partial charge is 0.269 e. The first-order valence-electron chi connectivity index (χ1n) is 6.84. The second-order valence-corrected chi connectivity index (χ2v) is 6.67. The topological polar surface area (TPSA) is 106 Å². The maximum absolute atomic E-state index is 12.2. The van der Waals surface area contributed by atoms with Gasteiger partial charge >= 0.3 is 0 Å². The lowest BCUT2D eigenvalue weighted by Gasteiger charge is -2.03. The number of ketones is 1. The van der Waals surface area contributed by atoms with Crippen LogP contribution in [0.2, 0.25) is 0 Å². The van der Waals surface area contributed by atoms with Gasteiger partial charge in [-0.1, -0.05) is 18.2 Å². The van der Waals surface area contributed by atoms with Gasteiger partial charge in [-0.3, -0.25) is 14.9 Å². The number of nitro groups is 1. The van der Waals surface area contributed by atoms with Crippen molar-refractivity contribution in [2.24, 2.45) is 0 Å². The van der Waals surface area contributed by atoms with Crippen LogP contribution in [0.25, 0.3) is 6.08 Å². The summed E-state index contributed by atoms with van der Waals surface area (Å²) < 4.78 is 25.7. The van der Waals surface area contributed by atoms with Crippen molar-refractivity contribution in [2.45, 2.75) is 4.90 Å². The minimum absolute atomic E-state index is 0.000383. The third-order valence-corrected chi connectivity index (χ3v) is 4.64. The van der Waals surface area contributed by atoms with Crippen LogP contribution in [0.4, 0.5) is 5.69 Å². The fraction of sp³-hybridized carbons (Fsp3) is 0.0625. The lowest BCUT2D eigenvalue weighted by molar-refractivity contribution is -0.384. The molecule has 0 aromatic heterocycles.